The molecule has 2 saturated carbocycles. The topological polar surface area (TPSA) is 132 Å². The zero-order valence-corrected chi connectivity index (χ0v) is 22.4. The molecule has 2 aromatic heterocycles. The van der Waals surface area contributed by atoms with E-state index >= 15 is 0 Å². The van der Waals surface area contributed by atoms with Gasteiger partial charge in [-0.25, -0.2) is 8.78 Å². The van der Waals surface area contributed by atoms with E-state index < -0.39 is 29.6 Å². The van der Waals surface area contributed by atoms with Crippen molar-refractivity contribution >= 4 is 28.7 Å². The highest BCUT2D eigenvalue weighted by Crippen LogP contribution is 2.44. The Kier molecular flexibility index (Phi) is 7.57. The molecule has 206 valence electrons. The van der Waals surface area contributed by atoms with E-state index in [0.29, 0.717) is 40.4 Å². The Morgan fingerprint density at radius 2 is 1.95 bits per heavy atom. The normalized spacial score (nSPS) is 22.0. The predicted octanol–water partition coefficient (Wildman–Crippen LogP) is 2.78. The van der Waals surface area contributed by atoms with Gasteiger partial charge in [-0.1, -0.05) is 23.7 Å². The molecule has 0 spiro atoms. The number of hydrogen-bond donors (Lipinski definition) is 3. The van der Waals surface area contributed by atoms with Gasteiger partial charge in [0.25, 0.3) is 5.16 Å². The molecule has 2 heterocycles. The lowest BCUT2D eigenvalue weighted by Gasteiger charge is -2.25. The van der Waals surface area contributed by atoms with Gasteiger partial charge in [-0.05, 0) is 50.0 Å². The molecule has 2 aliphatic carbocycles. The molecule has 13 heteroatoms. The summed E-state index contributed by atoms with van der Waals surface area (Å²) < 4.78 is 43.8. The van der Waals surface area contributed by atoms with Crippen molar-refractivity contribution in [1.29, 1.82) is 0 Å². The van der Waals surface area contributed by atoms with Crippen molar-refractivity contribution in [3.05, 3.63) is 29.3 Å². The Labute approximate surface area is 223 Å². The van der Waals surface area contributed by atoms with E-state index in [1.807, 2.05) is 6.92 Å². The molecule has 0 aliphatic heterocycles. The fraction of sp³-hybridized carbons (Fsp3) is 0.600. The number of nitrogen functional groups attached to an aromatic ring is 1. The second-order valence-corrected chi connectivity index (χ2v) is 11.4. The Balaban J connectivity index is 1.70. The van der Waals surface area contributed by atoms with E-state index in [0.717, 1.165) is 24.7 Å². The molecule has 3 atom stereocenters. The van der Waals surface area contributed by atoms with Crippen molar-refractivity contribution in [1.82, 2.24) is 19.9 Å². The van der Waals surface area contributed by atoms with Crippen LogP contribution in [0.2, 0.25) is 0 Å². The largest absolute Gasteiger partial charge is 0.394 e. The molecule has 0 saturated heterocycles. The summed E-state index contributed by atoms with van der Waals surface area (Å²) in [5.74, 6) is -2.35. The summed E-state index contributed by atoms with van der Waals surface area (Å²) in [4.78, 5) is 9.19. The highest BCUT2D eigenvalue weighted by molar-refractivity contribution is 7.99. The molecule has 0 radical (unpaired) electrons. The summed E-state index contributed by atoms with van der Waals surface area (Å²) in [5.41, 5.74) is 8.26. The van der Waals surface area contributed by atoms with Gasteiger partial charge in [0.15, 0.2) is 23.2 Å². The number of anilines is 1. The highest BCUT2D eigenvalue weighted by atomic mass is 32.2. The van der Waals surface area contributed by atoms with Gasteiger partial charge in [-0.2, -0.15) is 4.98 Å². The van der Waals surface area contributed by atoms with Crippen LogP contribution >= 0.6 is 11.8 Å². The molecule has 4 N–H and O–H groups in total. The zero-order chi connectivity index (χ0) is 27.2. The molecule has 2 aliphatic rings. The smallest absolute Gasteiger partial charge is 0.330 e. The third kappa shape index (κ3) is 5.48. The van der Waals surface area contributed by atoms with E-state index in [9.17, 15) is 19.0 Å². The van der Waals surface area contributed by atoms with Crippen LogP contribution in [0.3, 0.4) is 0 Å². The van der Waals surface area contributed by atoms with Crippen molar-refractivity contribution in [2.75, 3.05) is 24.7 Å². The van der Waals surface area contributed by atoms with Crippen LogP contribution in [0.25, 0.3) is 16.9 Å². The van der Waals surface area contributed by atoms with Crippen molar-refractivity contribution in [3.8, 4) is 5.69 Å². The van der Waals surface area contributed by atoms with Gasteiger partial charge in [0.1, 0.15) is 11.7 Å². The first-order valence-corrected chi connectivity index (χ1v) is 13.8. The number of aliphatic hydroxyl groups is 2. The number of aliphatic hydroxyl groups excluding tert-OH is 1. The minimum Gasteiger partial charge on any atom is -0.394 e. The van der Waals surface area contributed by atoms with Crippen LogP contribution in [0.15, 0.2) is 17.3 Å². The van der Waals surface area contributed by atoms with Gasteiger partial charge in [-0.15, -0.1) is 9.36 Å². The number of rotatable bonds is 10. The van der Waals surface area contributed by atoms with Gasteiger partial charge in [-0.3, -0.25) is 0 Å². The number of benzene rings is 1. The van der Waals surface area contributed by atoms with Gasteiger partial charge in [0.05, 0.1) is 25.4 Å². The van der Waals surface area contributed by atoms with E-state index in [4.69, 9.17) is 25.4 Å². The number of nitrogens with zero attached hydrogens (tertiary/aromatic N) is 5. The molecule has 2 fully saturated rings. The van der Waals surface area contributed by atoms with Crippen LogP contribution in [0.5, 0.6) is 0 Å². The summed E-state index contributed by atoms with van der Waals surface area (Å²) in [6.45, 7) is 5.12. The highest BCUT2D eigenvalue weighted by Gasteiger charge is 2.45. The van der Waals surface area contributed by atoms with Gasteiger partial charge in [0.2, 0.25) is 5.52 Å². The van der Waals surface area contributed by atoms with Crippen LogP contribution in [0.1, 0.15) is 64.0 Å². The van der Waals surface area contributed by atoms with Gasteiger partial charge < -0.3 is 25.4 Å². The average Bonchev–Trinajstić information content (AvgIpc) is 3.51. The number of aromatic nitrogens is 5. The van der Waals surface area contributed by atoms with Gasteiger partial charge in [0, 0.05) is 24.1 Å². The SMILES string of the molecule is CCSc1nc(N)c2c(n1)[n+](C1CC(OCCO)CC1OC(C)(C)O)nn2-c1cc(F)c(F)cc1C1CC1. The monoisotopic (exact) mass is 551 g/mol. The lowest BCUT2D eigenvalue weighted by Crippen LogP contribution is -2.49. The summed E-state index contributed by atoms with van der Waals surface area (Å²) in [6.07, 6.45) is 1.88. The first-order valence-electron chi connectivity index (χ1n) is 12.8. The number of ether oxygens (including phenoxy) is 2. The molecule has 1 aromatic carbocycles. The van der Waals surface area contributed by atoms with E-state index in [1.165, 1.54) is 22.5 Å². The molecule has 0 bridgehead atoms. The minimum atomic E-state index is -1.43. The summed E-state index contributed by atoms with van der Waals surface area (Å²) in [5, 5.41) is 25.0. The molecule has 3 unspecified atom stereocenters. The summed E-state index contributed by atoms with van der Waals surface area (Å²) >= 11 is 1.42. The summed E-state index contributed by atoms with van der Waals surface area (Å²) in [7, 11) is 0. The molecule has 5 rings (SSSR count). The Bertz CT molecular complexity index is 1330. The molecular weight excluding hydrogens is 518 g/mol. The first kappa shape index (κ1) is 27.1. The van der Waals surface area contributed by atoms with Crippen molar-refractivity contribution in [3.63, 3.8) is 0 Å². The zero-order valence-electron chi connectivity index (χ0n) is 21.6. The Morgan fingerprint density at radius 1 is 1.21 bits per heavy atom. The van der Waals surface area contributed by atoms with Crippen LogP contribution in [0, 0.1) is 11.6 Å². The molecule has 38 heavy (non-hydrogen) atoms. The number of fused-ring (bicyclic) bond motifs is 1. The molecule has 10 nitrogen and oxygen atoms in total. The average molecular weight is 552 g/mol. The maximum atomic E-state index is 14.5. The first-order chi connectivity index (χ1) is 18.1. The fourth-order valence-corrected chi connectivity index (χ4v) is 5.64. The maximum Gasteiger partial charge on any atom is 0.330 e. The number of hydrogen-bond acceptors (Lipinski definition) is 9. The second-order valence-electron chi connectivity index (χ2n) is 10.2. The lowest BCUT2D eigenvalue weighted by molar-refractivity contribution is -0.764. The van der Waals surface area contributed by atoms with Crippen LogP contribution in [-0.2, 0) is 9.47 Å². The van der Waals surface area contributed by atoms with E-state index in [1.54, 1.807) is 18.5 Å². The lowest BCUT2D eigenvalue weighted by atomic mass is 10.1. The maximum absolute atomic E-state index is 14.5. The third-order valence-electron chi connectivity index (χ3n) is 6.70. The van der Waals surface area contributed by atoms with Crippen LogP contribution in [0.4, 0.5) is 14.6 Å². The Hall–Kier alpha value is -2.45. The predicted molar refractivity (Wildman–Crippen MR) is 136 cm³/mol. The molecule has 0 amide bonds. The van der Waals surface area contributed by atoms with Gasteiger partial charge >= 0.3 is 5.65 Å². The standard InChI is InChI=1S/C25H33F2N6O4S/c1-4-38-24-29-22(28)21-23(30-24)33(19-9-14(36-8-7-34)10-20(19)37-25(2,3)35)31-32(21)18-12-17(27)16(26)11-15(18)13-5-6-13/h11-14,19-20,34-35H,4-10H2,1-3H3,(H2,28,29,30)/q+1. The summed E-state index contributed by atoms with van der Waals surface area (Å²) in [6, 6.07) is 1.94. The van der Waals surface area contributed by atoms with E-state index in [-0.39, 0.29) is 31.1 Å². The second kappa shape index (κ2) is 10.6. The number of nitrogens with two attached hydrogens (primary N) is 1. The quantitative estimate of drug-likeness (QED) is 0.151. The number of thioether (sulfide) groups is 1. The van der Waals surface area contributed by atoms with E-state index in [2.05, 4.69) is 4.98 Å². The molecule has 3 aromatic rings. The van der Waals surface area contributed by atoms with Crippen LogP contribution in [-0.4, -0.2) is 67.0 Å². The van der Waals surface area contributed by atoms with Crippen molar-refractivity contribution in [2.45, 2.75) is 81.6 Å². The molecular formula is C25H33F2N6O4S+. The van der Waals surface area contributed by atoms with Crippen molar-refractivity contribution in [2.24, 2.45) is 0 Å². The van der Waals surface area contributed by atoms with Crippen molar-refractivity contribution < 1.29 is 33.1 Å². The fourth-order valence-electron chi connectivity index (χ4n) is 5.07. The third-order valence-corrected chi connectivity index (χ3v) is 7.43. The van der Waals surface area contributed by atoms with Crippen LogP contribution < -0.4 is 10.4 Å². The number of halogens is 2. The minimum absolute atomic E-state index is 0.0962. The Morgan fingerprint density at radius 3 is 2.61 bits per heavy atom.